The van der Waals surface area contributed by atoms with Gasteiger partial charge >= 0.3 is 0 Å². The lowest BCUT2D eigenvalue weighted by Crippen LogP contribution is -2.37. The van der Waals surface area contributed by atoms with Gasteiger partial charge in [-0.1, -0.05) is 9.24 Å². The number of amides is 1. The molecule has 1 saturated carbocycles. The average Bonchev–Trinajstić information content (AvgIpc) is 2.90. The molecule has 6 nitrogen and oxygen atoms in total. The molecule has 1 fully saturated rings. The third-order valence-corrected chi connectivity index (χ3v) is 5.56. The van der Waals surface area contributed by atoms with Gasteiger partial charge in [-0.2, -0.15) is 13.9 Å². The zero-order valence-electron chi connectivity index (χ0n) is 15.4. The molecule has 1 unspecified atom stereocenters. The molecule has 1 atom stereocenters. The summed E-state index contributed by atoms with van der Waals surface area (Å²) in [6.07, 6.45) is 2.03. The highest BCUT2D eigenvalue weighted by Crippen LogP contribution is 2.47. The monoisotopic (exact) mass is 431 g/mol. The Hall–Kier alpha value is -1.64. The maximum atomic E-state index is 14.0. The molecule has 0 aromatic carbocycles. The standard InChI is InChI=1S/C17H21F3N5OPS/c1-9-13(15(26)23-11-3-4-22-12(5-11)28-21)25(24-14(9)16(2,18)19)8-10-6-17(20,27)7-10/h3-5,10H,6-8,21,27H2,1-2H3,(H,22,23,26). The molecule has 3 N–H and O–H groups in total. The van der Waals surface area contributed by atoms with Crippen molar-refractivity contribution in [2.45, 2.75) is 49.6 Å². The number of carbonyl (C=O) groups excluding carboxylic acids is 1. The Bertz CT molecular complexity index is 891. The van der Waals surface area contributed by atoms with Crippen molar-refractivity contribution in [1.82, 2.24) is 14.8 Å². The summed E-state index contributed by atoms with van der Waals surface area (Å²) in [5.41, 5.74) is 0.114. The predicted molar refractivity (Wildman–Crippen MR) is 105 cm³/mol. The molecule has 0 bridgehead atoms. The van der Waals surface area contributed by atoms with Gasteiger partial charge in [-0.3, -0.25) is 14.6 Å². The largest absolute Gasteiger partial charge is 0.321 e. The van der Waals surface area contributed by atoms with Crippen molar-refractivity contribution in [2.75, 3.05) is 5.32 Å². The number of aromatic nitrogens is 3. The molecule has 152 valence electrons. The SMILES string of the molecule is Cc1c(C(C)(F)F)nn(CC2CC(F)(P)C2)c1C(=O)Nc1ccnc(SN)c1. The van der Waals surface area contributed by atoms with Gasteiger partial charge in [0.15, 0.2) is 0 Å². The van der Waals surface area contributed by atoms with Crippen molar-refractivity contribution in [2.24, 2.45) is 11.1 Å². The number of hydrogen-bond acceptors (Lipinski definition) is 5. The first-order chi connectivity index (χ1) is 13.0. The van der Waals surface area contributed by atoms with Gasteiger partial charge in [-0.15, -0.1) is 0 Å². The van der Waals surface area contributed by atoms with Gasteiger partial charge in [0, 0.05) is 30.9 Å². The van der Waals surface area contributed by atoms with E-state index in [1.807, 2.05) is 0 Å². The van der Waals surface area contributed by atoms with Crippen LogP contribution in [0.4, 0.5) is 18.9 Å². The third-order valence-electron chi connectivity index (χ3n) is 4.62. The number of rotatable bonds is 6. The van der Waals surface area contributed by atoms with Crippen molar-refractivity contribution in [3.63, 3.8) is 0 Å². The fourth-order valence-electron chi connectivity index (χ4n) is 3.40. The molecular formula is C17H21F3N5OPS. The summed E-state index contributed by atoms with van der Waals surface area (Å²) in [4.78, 5) is 16.9. The summed E-state index contributed by atoms with van der Waals surface area (Å²) in [7, 11) is 2.15. The Kier molecular flexibility index (Phi) is 5.76. The molecule has 11 heteroatoms. The minimum atomic E-state index is -3.20. The molecule has 1 amide bonds. The quantitative estimate of drug-likeness (QED) is 0.536. The molecule has 3 rings (SSSR count). The first-order valence-electron chi connectivity index (χ1n) is 8.58. The normalized spacial score (nSPS) is 22.0. The summed E-state index contributed by atoms with van der Waals surface area (Å²) >= 11 is 0.922. The van der Waals surface area contributed by atoms with E-state index < -0.39 is 22.9 Å². The van der Waals surface area contributed by atoms with Crippen LogP contribution in [0.2, 0.25) is 0 Å². The zero-order chi connectivity index (χ0) is 20.7. The van der Waals surface area contributed by atoms with E-state index in [9.17, 15) is 18.0 Å². The minimum absolute atomic E-state index is 0.0374. The fourth-order valence-corrected chi connectivity index (χ4v) is 4.39. The van der Waals surface area contributed by atoms with Gasteiger partial charge in [0.05, 0.1) is 0 Å². The number of hydrogen-bond donors (Lipinski definition) is 2. The summed E-state index contributed by atoms with van der Waals surface area (Å²) in [5, 5.41) is 11.3. The molecule has 1 aliphatic carbocycles. The molecule has 1 aliphatic rings. The fraction of sp³-hybridized carbons (Fsp3) is 0.471. The Morgan fingerprint density at radius 2 is 2.21 bits per heavy atom. The molecule has 0 spiro atoms. The molecule has 28 heavy (non-hydrogen) atoms. The smallest absolute Gasteiger partial charge is 0.289 e. The van der Waals surface area contributed by atoms with E-state index in [-0.39, 0.29) is 36.6 Å². The number of nitrogens with one attached hydrogen (secondary N) is 1. The van der Waals surface area contributed by atoms with Crippen LogP contribution in [0, 0.1) is 12.8 Å². The minimum Gasteiger partial charge on any atom is -0.321 e. The molecule has 2 aromatic rings. The topological polar surface area (TPSA) is 85.8 Å². The van der Waals surface area contributed by atoms with Crippen LogP contribution >= 0.6 is 21.2 Å². The van der Waals surface area contributed by atoms with Gasteiger partial charge in [0.25, 0.3) is 11.8 Å². The van der Waals surface area contributed by atoms with E-state index in [1.54, 1.807) is 12.1 Å². The van der Waals surface area contributed by atoms with Crippen LogP contribution in [0.25, 0.3) is 0 Å². The third kappa shape index (κ3) is 4.50. The number of nitrogens with two attached hydrogens (primary N) is 1. The van der Waals surface area contributed by atoms with Crippen LogP contribution in [0.15, 0.2) is 23.4 Å². The van der Waals surface area contributed by atoms with Crippen LogP contribution in [-0.2, 0) is 12.5 Å². The highest BCUT2D eigenvalue weighted by molar-refractivity contribution is 7.97. The number of alkyl halides is 3. The maximum Gasteiger partial charge on any atom is 0.289 e. The lowest BCUT2D eigenvalue weighted by molar-refractivity contribution is 0.0108. The Balaban J connectivity index is 1.90. The van der Waals surface area contributed by atoms with Crippen LogP contribution in [0.3, 0.4) is 0 Å². The van der Waals surface area contributed by atoms with Crippen LogP contribution in [0.1, 0.15) is 41.5 Å². The van der Waals surface area contributed by atoms with E-state index in [0.717, 1.165) is 18.9 Å². The van der Waals surface area contributed by atoms with Crippen LogP contribution in [0.5, 0.6) is 0 Å². The van der Waals surface area contributed by atoms with E-state index >= 15 is 0 Å². The van der Waals surface area contributed by atoms with Gasteiger partial charge in [0.1, 0.15) is 21.8 Å². The lowest BCUT2D eigenvalue weighted by atomic mass is 9.82. The summed E-state index contributed by atoms with van der Waals surface area (Å²) in [6.45, 7) is 2.37. The molecule has 2 aromatic heterocycles. The van der Waals surface area contributed by atoms with Crippen LogP contribution in [-0.4, -0.2) is 26.1 Å². The molecule has 0 radical (unpaired) electrons. The number of carbonyl (C=O) groups is 1. The van der Waals surface area contributed by atoms with E-state index in [1.165, 1.54) is 17.8 Å². The van der Waals surface area contributed by atoms with E-state index in [4.69, 9.17) is 5.14 Å². The van der Waals surface area contributed by atoms with Crippen molar-refractivity contribution in [3.05, 3.63) is 35.3 Å². The Morgan fingerprint density at radius 1 is 1.54 bits per heavy atom. The predicted octanol–water partition coefficient (Wildman–Crippen LogP) is 3.87. The number of pyridine rings is 1. The maximum absolute atomic E-state index is 14.0. The second-order valence-corrected chi connectivity index (χ2v) is 8.85. The number of nitrogens with zero attached hydrogens (tertiary/aromatic N) is 3. The average molecular weight is 431 g/mol. The number of halogens is 3. The van der Waals surface area contributed by atoms with Gasteiger partial charge in [-0.05, 0) is 49.8 Å². The van der Waals surface area contributed by atoms with E-state index in [0.29, 0.717) is 10.7 Å². The van der Waals surface area contributed by atoms with Gasteiger partial charge in [-0.25, -0.2) is 9.37 Å². The highest BCUT2D eigenvalue weighted by Gasteiger charge is 2.42. The molecule has 0 saturated heterocycles. The second-order valence-electron chi connectivity index (χ2n) is 7.16. The summed E-state index contributed by atoms with van der Waals surface area (Å²) < 4.78 is 42.9. The summed E-state index contributed by atoms with van der Waals surface area (Å²) in [6, 6.07) is 3.15. The summed E-state index contributed by atoms with van der Waals surface area (Å²) in [5.74, 6) is -3.85. The molecule has 2 heterocycles. The van der Waals surface area contributed by atoms with Gasteiger partial charge < -0.3 is 5.32 Å². The Morgan fingerprint density at radius 3 is 2.79 bits per heavy atom. The first kappa shape index (κ1) is 21.1. The van der Waals surface area contributed by atoms with Crippen molar-refractivity contribution >= 4 is 32.8 Å². The van der Waals surface area contributed by atoms with Gasteiger partial charge in [0.2, 0.25) is 0 Å². The number of anilines is 1. The van der Waals surface area contributed by atoms with E-state index in [2.05, 4.69) is 24.6 Å². The lowest BCUT2D eigenvalue weighted by Gasteiger charge is -2.38. The molecular weight excluding hydrogens is 410 g/mol. The first-order valence-corrected chi connectivity index (χ1v) is 10.0. The highest BCUT2D eigenvalue weighted by atomic mass is 32.2. The van der Waals surface area contributed by atoms with Crippen molar-refractivity contribution < 1.29 is 18.0 Å². The Labute approximate surface area is 167 Å². The van der Waals surface area contributed by atoms with Crippen molar-refractivity contribution in [3.8, 4) is 0 Å². The zero-order valence-corrected chi connectivity index (χ0v) is 17.3. The molecule has 0 aliphatic heterocycles. The van der Waals surface area contributed by atoms with Crippen molar-refractivity contribution in [1.29, 1.82) is 0 Å². The second kappa shape index (κ2) is 7.65. The van der Waals surface area contributed by atoms with Crippen LogP contribution < -0.4 is 10.5 Å².